The molecule has 0 spiro atoms. The predicted molar refractivity (Wildman–Crippen MR) is 166 cm³/mol. The summed E-state index contributed by atoms with van der Waals surface area (Å²) in [5.41, 5.74) is 0. The number of aryl methyl sites for hydroxylation is 4. The van der Waals surface area contributed by atoms with Crippen molar-refractivity contribution in [2.24, 2.45) is 0 Å². The van der Waals surface area contributed by atoms with Gasteiger partial charge in [0.25, 0.3) is 0 Å². The summed E-state index contributed by atoms with van der Waals surface area (Å²) in [4.78, 5) is 0. The number of pyridine rings is 4. The molecule has 4 rings (SSSR count). The van der Waals surface area contributed by atoms with Gasteiger partial charge in [-0.1, -0.05) is 77.6 Å². The number of unbranched alkanes of at least 4 members (excludes halogenated alkanes) is 4. The zero-order valence-electron chi connectivity index (χ0n) is 27.3. The summed E-state index contributed by atoms with van der Waals surface area (Å²) in [6, 6.07) is 24.7. The van der Waals surface area contributed by atoms with Crippen LogP contribution in [0.1, 0.15) is 79.1 Å². The van der Waals surface area contributed by atoms with Gasteiger partial charge in [-0.3, -0.25) is 0 Å². The fourth-order valence-corrected chi connectivity index (χ4v) is 3.70. The van der Waals surface area contributed by atoms with Gasteiger partial charge in [-0.15, -0.1) is 0 Å². The maximum absolute atomic E-state index is 2.21. The van der Waals surface area contributed by atoms with E-state index in [-0.39, 0.29) is 18.8 Å². The standard InChI is InChI=1S/4C9H14N.4FH/c4*1-2-3-7-10-8-5-4-6-9-10;;;;/h4*4-6,8-9H,2-3,7H2,1H3;4*1H/q4*+1;;;;/p-4. The van der Waals surface area contributed by atoms with Crippen molar-refractivity contribution < 1.29 is 37.1 Å². The minimum Gasteiger partial charge on any atom is -1.00 e. The van der Waals surface area contributed by atoms with Crippen LogP contribution in [-0.2, 0) is 26.2 Å². The molecule has 0 aliphatic rings. The van der Waals surface area contributed by atoms with Gasteiger partial charge in [-0.2, -0.15) is 0 Å². The van der Waals surface area contributed by atoms with Crippen LogP contribution in [0.3, 0.4) is 0 Å². The molecule has 4 aromatic rings. The van der Waals surface area contributed by atoms with Crippen molar-refractivity contribution in [3.05, 3.63) is 122 Å². The molecule has 0 atom stereocenters. The average molecular weight is 621 g/mol. The van der Waals surface area contributed by atoms with Crippen LogP contribution in [0.15, 0.2) is 122 Å². The van der Waals surface area contributed by atoms with Gasteiger partial charge in [0.2, 0.25) is 0 Å². The zero-order valence-corrected chi connectivity index (χ0v) is 27.3. The van der Waals surface area contributed by atoms with Crippen molar-refractivity contribution in [2.75, 3.05) is 0 Å². The molecule has 4 nitrogen and oxygen atoms in total. The van der Waals surface area contributed by atoms with E-state index in [9.17, 15) is 0 Å². The Kier molecular flexibility index (Phi) is 38.1. The van der Waals surface area contributed by atoms with Crippen LogP contribution in [0.2, 0.25) is 0 Å². The molecule has 0 N–H and O–H groups in total. The number of halogens is 4. The summed E-state index contributed by atoms with van der Waals surface area (Å²) in [7, 11) is 0. The van der Waals surface area contributed by atoms with Gasteiger partial charge in [-0.05, 0) is 0 Å². The third kappa shape index (κ3) is 27.2. The van der Waals surface area contributed by atoms with E-state index in [2.05, 4.69) is 144 Å². The largest absolute Gasteiger partial charge is 1.00 e. The lowest BCUT2D eigenvalue weighted by atomic mass is 10.3. The van der Waals surface area contributed by atoms with Gasteiger partial charge >= 0.3 is 0 Å². The average Bonchev–Trinajstić information content (AvgIpc) is 3.04. The molecule has 0 aliphatic carbocycles. The summed E-state index contributed by atoms with van der Waals surface area (Å²) < 4.78 is 8.85. The summed E-state index contributed by atoms with van der Waals surface area (Å²) >= 11 is 0. The van der Waals surface area contributed by atoms with Crippen LogP contribution in [0, 0.1) is 0 Å². The van der Waals surface area contributed by atoms with Crippen LogP contribution >= 0.6 is 0 Å². The van der Waals surface area contributed by atoms with Crippen LogP contribution in [0.5, 0.6) is 0 Å². The molecular formula is C36H56F4N4. The van der Waals surface area contributed by atoms with Gasteiger partial charge in [-0.25, -0.2) is 18.3 Å². The lowest BCUT2D eigenvalue weighted by Gasteiger charge is -1.91. The molecule has 248 valence electrons. The molecule has 4 aromatic heterocycles. The van der Waals surface area contributed by atoms with Gasteiger partial charge < -0.3 is 18.8 Å². The van der Waals surface area contributed by atoms with E-state index >= 15 is 0 Å². The second-order valence-electron chi connectivity index (χ2n) is 9.87. The smallest absolute Gasteiger partial charge is 0.168 e. The Morgan fingerprint density at radius 1 is 0.273 bits per heavy atom. The Morgan fingerprint density at radius 2 is 0.432 bits per heavy atom. The molecule has 0 saturated heterocycles. The zero-order chi connectivity index (χ0) is 28.9. The Balaban J connectivity index is -0.000000235. The molecule has 0 fully saturated rings. The van der Waals surface area contributed by atoms with Gasteiger partial charge in [0.05, 0.1) is 0 Å². The second kappa shape index (κ2) is 35.5. The number of nitrogens with zero attached hydrogens (tertiary/aromatic N) is 4. The van der Waals surface area contributed by atoms with Crippen molar-refractivity contribution in [1.82, 2.24) is 0 Å². The summed E-state index contributed by atoms with van der Waals surface area (Å²) in [6.45, 7) is 13.4. The van der Waals surface area contributed by atoms with Gasteiger partial charge in [0.1, 0.15) is 26.2 Å². The van der Waals surface area contributed by atoms with Crippen molar-refractivity contribution in [2.45, 2.75) is 105 Å². The van der Waals surface area contributed by atoms with E-state index in [0.717, 1.165) is 26.2 Å². The van der Waals surface area contributed by atoms with Crippen LogP contribution in [0.25, 0.3) is 0 Å². The molecule has 0 amide bonds. The van der Waals surface area contributed by atoms with E-state index in [1.54, 1.807) is 0 Å². The quantitative estimate of drug-likeness (QED) is 0.112. The normalized spacial score (nSPS) is 8.82. The van der Waals surface area contributed by atoms with E-state index in [1.807, 2.05) is 24.3 Å². The number of aromatic nitrogens is 4. The minimum atomic E-state index is 0. The molecule has 0 bridgehead atoms. The molecular weight excluding hydrogens is 564 g/mol. The molecule has 0 aromatic carbocycles. The fourth-order valence-electron chi connectivity index (χ4n) is 3.70. The summed E-state index contributed by atoms with van der Waals surface area (Å²) in [6.07, 6.45) is 27.0. The third-order valence-corrected chi connectivity index (χ3v) is 6.19. The highest BCUT2D eigenvalue weighted by atomic mass is 19.0. The van der Waals surface area contributed by atoms with Crippen molar-refractivity contribution in [3.8, 4) is 0 Å². The van der Waals surface area contributed by atoms with Gasteiger partial charge in [0, 0.05) is 74.2 Å². The molecule has 0 aliphatic heterocycles. The van der Waals surface area contributed by atoms with Crippen molar-refractivity contribution in [3.63, 3.8) is 0 Å². The van der Waals surface area contributed by atoms with Crippen LogP contribution in [0.4, 0.5) is 0 Å². The first kappa shape index (κ1) is 47.3. The second-order valence-corrected chi connectivity index (χ2v) is 9.87. The highest BCUT2D eigenvalue weighted by Gasteiger charge is 1.95. The summed E-state index contributed by atoms with van der Waals surface area (Å²) in [5, 5.41) is 0. The van der Waals surface area contributed by atoms with Crippen molar-refractivity contribution >= 4 is 0 Å². The van der Waals surface area contributed by atoms with E-state index in [4.69, 9.17) is 0 Å². The highest BCUT2D eigenvalue weighted by Crippen LogP contribution is 1.88. The lowest BCUT2D eigenvalue weighted by molar-refractivity contribution is -0.697. The lowest BCUT2D eigenvalue weighted by Crippen LogP contribution is -3.00. The van der Waals surface area contributed by atoms with Crippen LogP contribution < -0.4 is 37.1 Å². The first-order chi connectivity index (χ1) is 19.7. The Morgan fingerprint density at radius 3 is 0.568 bits per heavy atom. The molecule has 4 heterocycles. The monoisotopic (exact) mass is 620 g/mol. The Hall–Kier alpha value is -3.68. The molecule has 0 saturated carbocycles. The first-order valence-corrected chi connectivity index (χ1v) is 15.5. The molecule has 8 heteroatoms. The van der Waals surface area contributed by atoms with E-state index < -0.39 is 0 Å². The van der Waals surface area contributed by atoms with E-state index in [1.165, 1.54) is 51.4 Å². The fraction of sp³-hybridized carbons (Fsp3) is 0.444. The maximum Gasteiger partial charge on any atom is 0.168 e. The SMILES string of the molecule is CCCC[n+]1ccccc1.CCCC[n+]1ccccc1.CCCC[n+]1ccccc1.CCCC[n+]1ccccc1.[F-].[F-].[F-].[F-]. The molecule has 44 heavy (non-hydrogen) atoms. The van der Waals surface area contributed by atoms with Crippen molar-refractivity contribution in [1.29, 1.82) is 0 Å². The Bertz CT molecular complexity index is 871. The number of hydrogen-bond donors (Lipinski definition) is 0. The van der Waals surface area contributed by atoms with Crippen LogP contribution in [-0.4, -0.2) is 0 Å². The third-order valence-electron chi connectivity index (χ3n) is 6.19. The first-order valence-electron chi connectivity index (χ1n) is 15.5. The topological polar surface area (TPSA) is 15.5 Å². The molecule has 0 radical (unpaired) electrons. The molecule has 0 unspecified atom stereocenters. The van der Waals surface area contributed by atoms with Gasteiger partial charge in [0.15, 0.2) is 49.6 Å². The number of hydrogen-bond acceptors (Lipinski definition) is 0. The summed E-state index contributed by atoms with van der Waals surface area (Å²) in [5.74, 6) is 0. The Labute approximate surface area is 264 Å². The number of rotatable bonds is 12. The van der Waals surface area contributed by atoms with E-state index in [0.29, 0.717) is 0 Å². The predicted octanol–water partition coefficient (Wildman–Crippen LogP) is -4.89. The highest BCUT2D eigenvalue weighted by molar-refractivity contribution is 4.85. The maximum atomic E-state index is 2.21. The minimum absolute atomic E-state index is 0.